The van der Waals surface area contributed by atoms with Gasteiger partial charge in [-0.25, -0.2) is 9.97 Å². The van der Waals surface area contributed by atoms with E-state index in [0.717, 1.165) is 25.5 Å². The minimum Gasteiger partial charge on any atom is -0.464 e. The molecule has 9 heteroatoms. The number of ether oxygens (including phenoxy) is 1. The molecule has 27 heavy (non-hydrogen) atoms. The number of hydrogen-bond acceptors (Lipinski definition) is 9. The van der Waals surface area contributed by atoms with Crippen LogP contribution < -0.4 is 14.5 Å². The summed E-state index contributed by atoms with van der Waals surface area (Å²) in [6, 6.07) is 2.28. The van der Waals surface area contributed by atoms with Crippen molar-refractivity contribution < 1.29 is 9.84 Å². The largest absolute Gasteiger partial charge is 0.464 e. The van der Waals surface area contributed by atoms with Gasteiger partial charge in [0.25, 0.3) is 0 Å². The molecule has 0 saturated carbocycles. The fourth-order valence-corrected chi connectivity index (χ4v) is 3.29. The lowest BCUT2D eigenvalue weighted by molar-refractivity contribution is 0.296. The molecule has 1 saturated heterocycles. The summed E-state index contributed by atoms with van der Waals surface area (Å²) in [6.45, 7) is 10.9. The van der Waals surface area contributed by atoms with E-state index in [0.29, 0.717) is 36.6 Å². The first-order valence-corrected chi connectivity index (χ1v) is 9.24. The van der Waals surface area contributed by atoms with Gasteiger partial charge in [-0.2, -0.15) is 15.0 Å². The highest BCUT2D eigenvalue weighted by Gasteiger charge is 2.36. The number of aliphatic hydroxyl groups is 1. The normalized spacial score (nSPS) is 16.5. The standard InChI is InChI=1S/C18H27N7O2/c1-5-27-17-21-13(2)20-16(23-17)24-9-10-25(18(3,4)12-24)15-6-8-19-14(22-15)7-11-26/h6,8,26H,5,7,9-12H2,1-4H3. The summed E-state index contributed by atoms with van der Waals surface area (Å²) in [5.41, 5.74) is -0.185. The number of aliphatic hydroxyl groups excluding tert-OH is 1. The Hall–Kier alpha value is -2.55. The van der Waals surface area contributed by atoms with Crippen molar-refractivity contribution in [2.45, 2.75) is 39.7 Å². The van der Waals surface area contributed by atoms with Crippen molar-refractivity contribution in [1.82, 2.24) is 24.9 Å². The first kappa shape index (κ1) is 19.2. The molecule has 0 bridgehead atoms. The molecule has 2 aromatic heterocycles. The van der Waals surface area contributed by atoms with E-state index < -0.39 is 0 Å². The Morgan fingerprint density at radius 3 is 2.70 bits per heavy atom. The van der Waals surface area contributed by atoms with Crippen LogP contribution in [0.25, 0.3) is 0 Å². The number of aryl methyl sites for hydroxylation is 1. The molecule has 3 heterocycles. The molecule has 1 aliphatic rings. The van der Waals surface area contributed by atoms with Crippen LogP contribution in [0.1, 0.15) is 32.4 Å². The molecule has 3 rings (SSSR count). The fraction of sp³-hybridized carbons (Fsp3) is 0.611. The van der Waals surface area contributed by atoms with Gasteiger partial charge in [0.2, 0.25) is 5.95 Å². The van der Waals surface area contributed by atoms with Crippen LogP contribution in [0.2, 0.25) is 0 Å². The zero-order valence-electron chi connectivity index (χ0n) is 16.4. The van der Waals surface area contributed by atoms with Crippen molar-refractivity contribution in [1.29, 1.82) is 0 Å². The molecule has 0 aliphatic carbocycles. The summed E-state index contributed by atoms with van der Waals surface area (Å²) in [4.78, 5) is 26.4. The van der Waals surface area contributed by atoms with Gasteiger partial charge < -0.3 is 19.6 Å². The molecule has 0 atom stereocenters. The lowest BCUT2D eigenvalue weighted by Crippen LogP contribution is -2.60. The number of piperazine rings is 1. The molecule has 0 unspecified atom stereocenters. The van der Waals surface area contributed by atoms with E-state index in [4.69, 9.17) is 9.84 Å². The highest BCUT2D eigenvalue weighted by atomic mass is 16.5. The number of nitrogens with zero attached hydrogens (tertiary/aromatic N) is 7. The van der Waals surface area contributed by atoms with Crippen LogP contribution in [0, 0.1) is 6.92 Å². The van der Waals surface area contributed by atoms with Crippen LogP contribution in [0.15, 0.2) is 12.3 Å². The molecule has 0 amide bonds. The summed E-state index contributed by atoms with van der Waals surface area (Å²) < 4.78 is 5.46. The fourth-order valence-electron chi connectivity index (χ4n) is 3.29. The lowest BCUT2D eigenvalue weighted by Gasteiger charge is -2.47. The Balaban J connectivity index is 1.80. The van der Waals surface area contributed by atoms with E-state index in [2.05, 4.69) is 48.6 Å². The predicted octanol–water partition coefficient (Wildman–Crippen LogP) is 1.01. The second-order valence-electron chi connectivity index (χ2n) is 7.09. The number of rotatable bonds is 6. The van der Waals surface area contributed by atoms with Crippen LogP contribution >= 0.6 is 0 Å². The van der Waals surface area contributed by atoms with Gasteiger partial charge in [-0.05, 0) is 33.8 Å². The van der Waals surface area contributed by atoms with Crippen molar-refractivity contribution in [3.8, 4) is 6.01 Å². The maximum atomic E-state index is 9.14. The first-order chi connectivity index (χ1) is 12.9. The van der Waals surface area contributed by atoms with Gasteiger partial charge in [0.1, 0.15) is 17.5 Å². The Kier molecular flexibility index (Phi) is 5.69. The molecule has 2 aromatic rings. The molecule has 9 nitrogen and oxygen atoms in total. The Bertz CT molecular complexity index is 784. The second-order valence-corrected chi connectivity index (χ2v) is 7.09. The summed E-state index contributed by atoms with van der Waals surface area (Å²) in [6.07, 6.45) is 2.21. The molecule has 0 aromatic carbocycles. The third-order valence-corrected chi connectivity index (χ3v) is 4.48. The van der Waals surface area contributed by atoms with Crippen molar-refractivity contribution >= 4 is 11.8 Å². The molecule has 0 radical (unpaired) electrons. The van der Waals surface area contributed by atoms with Crippen molar-refractivity contribution in [3.63, 3.8) is 0 Å². The van der Waals surface area contributed by atoms with Gasteiger partial charge in [0.05, 0.1) is 18.8 Å². The van der Waals surface area contributed by atoms with Crippen LogP contribution in [-0.4, -0.2) is 68.4 Å². The molecule has 146 valence electrons. The summed E-state index contributed by atoms with van der Waals surface area (Å²) in [5.74, 6) is 2.82. The highest BCUT2D eigenvalue weighted by molar-refractivity contribution is 5.46. The van der Waals surface area contributed by atoms with Crippen LogP contribution in [0.4, 0.5) is 11.8 Å². The highest BCUT2D eigenvalue weighted by Crippen LogP contribution is 2.28. The smallest absolute Gasteiger partial charge is 0.321 e. The minimum absolute atomic E-state index is 0.0432. The monoisotopic (exact) mass is 373 g/mol. The number of hydrogen-bond donors (Lipinski definition) is 1. The van der Waals surface area contributed by atoms with Gasteiger partial charge in [-0.15, -0.1) is 0 Å². The van der Waals surface area contributed by atoms with E-state index in [1.165, 1.54) is 0 Å². The molecule has 0 spiro atoms. The minimum atomic E-state index is -0.185. The third kappa shape index (κ3) is 4.41. The molecule has 1 N–H and O–H groups in total. The molecular weight excluding hydrogens is 346 g/mol. The Labute approximate surface area is 159 Å². The molecule has 1 aliphatic heterocycles. The topological polar surface area (TPSA) is 100 Å². The zero-order valence-corrected chi connectivity index (χ0v) is 16.4. The third-order valence-electron chi connectivity index (χ3n) is 4.48. The lowest BCUT2D eigenvalue weighted by atomic mass is 9.99. The summed E-state index contributed by atoms with van der Waals surface area (Å²) in [7, 11) is 0. The Morgan fingerprint density at radius 2 is 2.00 bits per heavy atom. The number of anilines is 2. The average Bonchev–Trinajstić information content (AvgIpc) is 2.61. The zero-order chi connectivity index (χ0) is 19.4. The van der Waals surface area contributed by atoms with Gasteiger partial charge >= 0.3 is 6.01 Å². The van der Waals surface area contributed by atoms with Crippen LogP contribution in [0.5, 0.6) is 6.01 Å². The van der Waals surface area contributed by atoms with E-state index >= 15 is 0 Å². The van der Waals surface area contributed by atoms with E-state index in [9.17, 15) is 0 Å². The second kappa shape index (κ2) is 7.99. The van der Waals surface area contributed by atoms with Crippen LogP contribution in [0.3, 0.4) is 0 Å². The van der Waals surface area contributed by atoms with Gasteiger partial charge in [-0.3, -0.25) is 0 Å². The quantitative estimate of drug-likeness (QED) is 0.795. The van der Waals surface area contributed by atoms with E-state index in [1.54, 1.807) is 6.20 Å². The molecule has 1 fully saturated rings. The van der Waals surface area contributed by atoms with Crippen molar-refractivity contribution in [2.75, 3.05) is 42.6 Å². The van der Waals surface area contributed by atoms with E-state index in [-0.39, 0.29) is 12.1 Å². The number of aromatic nitrogens is 5. The SMILES string of the molecule is CCOc1nc(C)nc(N2CCN(c3ccnc(CCO)n3)C(C)(C)C2)n1. The predicted molar refractivity (Wildman–Crippen MR) is 102 cm³/mol. The maximum absolute atomic E-state index is 9.14. The van der Waals surface area contributed by atoms with Gasteiger partial charge in [0.15, 0.2) is 0 Å². The average molecular weight is 373 g/mol. The van der Waals surface area contributed by atoms with E-state index in [1.807, 2.05) is 19.9 Å². The van der Waals surface area contributed by atoms with Crippen LogP contribution in [-0.2, 0) is 6.42 Å². The first-order valence-electron chi connectivity index (χ1n) is 9.24. The van der Waals surface area contributed by atoms with Gasteiger partial charge in [0, 0.05) is 32.3 Å². The maximum Gasteiger partial charge on any atom is 0.321 e. The molecular formula is C18H27N7O2. The summed E-state index contributed by atoms with van der Waals surface area (Å²) in [5, 5.41) is 9.14. The van der Waals surface area contributed by atoms with Gasteiger partial charge in [-0.1, -0.05) is 0 Å². The van der Waals surface area contributed by atoms with Crippen molar-refractivity contribution in [3.05, 3.63) is 23.9 Å². The van der Waals surface area contributed by atoms with Crippen molar-refractivity contribution in [2.24, 2.45) is 0 Å². The summed E-state index contributed by atoms with van der Waals surface area (Å²) >= 11 is 0. The Morgan fingerprint density at radius 1 is 1.19 bits per heavy atom.